The van der Waals surface area contributed by atoms with Crippen LogP contribution in [0.3, 0.4) is 0 Å². The van der Waals surface area contributed by atoms with Gasteiger partial charge in [-0.25, -0.2) is 4.79 Å². The number of carboxylic acid groups (broad SMARTS) is 1. The van der Waals surface area contributed by atoms with Gasteiger partial charge in [-0.2, -0.15) is 5.26 Å². The number of ether oxygens (including phenoxy) is 1. The van der Waals surface area contributed by atoms with Gasteiger partial charge in [-0.3, -0.25) is 0 Å². The Morgan fingerprint density at radius 3 is 2.52 bits per heavy atom. The summed E-state index contributed by atoms with van der Waals surface area (Å²) in [6.07, 6.45) is 3.12. The monoisotopic (exact) mass is 357 g/mol. The Morgan fingerprint density at radius 2 is 1.78 bits per heavy atom. The van der Waals surface area contributed by atoms with Gasteiger partial charge in [-0.15, -0.1) is 0 Å². The van der Waals surface area contributed by atoms with Gasteiger partial charge in [-0.1, -0.05) is 60.7 Å². The van der Waals surface area contributed by atoms with Gasteiger partial charge < -0.3 is 9.84 Å². The third kappa shape index (κ3) is 4.53. The molecule has 0 heterocycles. The molecule has 1 N–H and O–H groups in total. The van der Waals surface area contributed by atoms with Crippen molar-refractivity contribution in [3.05, 3.63) is 83.4 Å². The van der Waals surface area contributed by atoms with Crippen molar-refractivity contribution in [2.45, 2.75) is 12.8 Å². The summed E-state index contributed by atoms with van der Waals surface area (Å²) < 4.78 is 5.95. The van der Waals surface area contributed by atoms with E-state index in [-0.39, 0.29) is 5.57 Å². The molecule has 0 amide bonds. The summed E-state index contributed by atoms with van der Waals surface area (Å²) in [4.78, 5) is 11.3. The number of fused-ring (bicyclic) bond motifs is 1. The number of benzene rings is 3. The molecule has 134 valence electrons. The van der Waals surface area contributed by atoms with Crippen LogP contribution in [0.5, 0.6) is 5.75 Å². The highest BCUT2D eigenvalue weighted by Gasteiger charge is 2.12. The molecule has 0 saturated carbocycles. The number of hydrogen-bond acceptors (Lipinski definition) is 3. The molecule has 4 heteroatoms. The molecule has 0 aliphatic heterocycles. The van der Waals surface area contributed by atoms with Gasteiger partial charge in [0, 0.05) is 5.56 Å². The summed E-state index contributed by atoms with van der Waals surface area (Å²) in [5.74, 6) is -0.670. The summed E-state index contributed by atoms with van der Waals surface area (Å²) in [6.45, 7) is 0.503. The van der Waals surface area contributed by atoms with Crippen LogP contribution in [0.2, 0.25) is 0 Å². The molecule has 0 fully saturated rings. The van der Waals surface area contributed by atoms with Gasteiger partial charge in [0.25, 0.3) is 0 Å². The average Bonchev–Trinajstić information content (AvgIpc) is 2.70. The van der Waals surface area contributed by atoms with E-state index in [1.807, 2.05) is 54.6 Å². The zero-order valence-corrected chi connectivity index (χ0v) is 14.8. The van der Waals surface area contributed by atoms with Gasteiger partial charge in [-0.05, 0) is 41.3 Å². The minimum atomic E-state index is -1.25. The quantitative estimate of drug-likeness (QED) is 0.373. The van der Waals surface area contributed by atoms with E-state index in [9.17, 15) is 9.90 Å². The number of carboxylic acids is 1. The molecule has 0 aliphatic carbocycles. The van der Waals surface area contributed by atoms with E-state index < -0.39 is 5.97 Å². The molecule has 27 heavy (non-hydrogen) atoms. The van der Waals surface area contributed by atoms with Crippen molar-refractivity contribution in [3.8, 4) is 11.8 Å². The fraction of sp³-hybridized carbons (Fsp3) is 0.130. The predicted octanol–water partition coefficient (Wildman–Crippen LogP) is 4.84. The van der Waals surface area contributed by atoms with Crippen molar-refractivity contribution in [2.24, 2.45) is 0 Å². The Labute approximate surface area is 157 Å². The van der Waals surface area contributed by atoms with E-state index in [1.165, 1.54) is 11.6 Å². The fourth-order valence-electron chi connectivity index (χ4n) is 2.94. The Kier molecular flexibility index (Phi) is 5.86. The fourth-order valence-corrected chi connectivity index (χ4v) is 2.94. The molecule has 4 nitrogen and oxygen atoms in total. The van der Waals surface area contributed by atoms with E-state index >= 15 is 0 Å². The van der Waals surface area contributed by atoms with E-state index in [1.54, 1.807) is 6.07 Å². The number of carbonyl (C=O) groups is 1. The lowest BCUT2D eigenvalue weighted by Gasteiger charge is -2.12. The molecule has 0 saturated heterocycles. The zero-order valence-electron chi connectivity index (χ0n) is 14.8. The second kappa shape index (κ2) is 8.68. The molecule has 0 aliphatic rings. The van der Waals surface area contributed by atoms with Crippen LogP contribution in [-0.4, -0.2) is 17.7 Å². The maximum absolute atomic E-state index is 11.3. The standard InChI is InChI=1S/C23H19NO3/c24-16-19(23(25)26)15-21-20-11-5-4-10-18(20)12-13-22(21)27-14-6-9-17-7-2-1-3-8-17/h1-5,7-8,10-13,15H,6,9,14H2,(H,25,26). The van der Waals surface area contributed by atoms with Gasteiger partial charge in [0.2, 0.25) is 0 Å². The second-order valence-corrected chi connectivity index (χ2v) is 6.11. The van der Waals surface area contributed by atoms with Gasteiger partial charge in [0.15, 0.2) is 0 Å². The number of nitriles is 1. The molecule has 0 aromatic heterocycles. The maximum atomic E-state index is 11.3. The highest BCUT2D eigenvalue weighted by molar-refractivity contribution is 6.01. The lowest BCUT2D eigenvalue weighted by molar-refractivity contribution is -0.132. The smallest absolute Gasteiger partial charge is 0.346 e. The molecule has 0 unspecified atom stereocenters. The molecule has 0 radical (unpaired) electrons. The first-order valence-electron chi connectivity index (χ1n) is 8.72. The van der Waals surface area contributed by atoms with Gasteiger partial charge in [0.05, 0.1) is 6.61 Å². The third-order valence-electron chi connectivity index (χ3n) is 4.28. The molecular weight excluding hydrogens is 338 g/mol. The first kappa shape index (κ1) is 18.2. The third-order valence-corrected chi connectivity index (χ3v) is 4.28. The Balaban J connectivity index is 1.85. The van der Waals surface area contributed by atoms with E-state index in [4.69, 9.17) is 10.00 Å². The summed E-state index contributed by atoms with van der Waals surface area (Å²) >= 11 is 0. The van der Waals surface area contributed by atoms with Crippen LogP contribution in [0.15, 0.2) is 72.3 Å². The Morgan fingerprint density at radius 1 is 1.04 bits per heavy atom. The van der Waals surface area contributed by atoms with Crippen LogP contribution >= 0.6 is 0 Å². The average molecular weight is 357 g/mol. The van der Waals surface area contributed by atoms with E-state index in [0.717, 1.165) is 23.6 Å². The predicted molar refractivity (Wildman–Crippen MR) is 105 cm³/mol. The first-order valence-corrected chi connectivity index (χ1v) is 8.72. The van der Waals surface area contributed by atoms with Crippen LogP contribution in [-0.2, 0) is 11.2 Å². The maximum Gasteiger partial charge on any atom is 0.346 e. The first-order chi connectivity index (χ1) is 13.2. The van der Waals surface area contributed by atoms with Crippen molar-refractivity contribution in [1.82, 2.24) is 0 Å². The highest BCUT2D eigenvalue weighted by Crippen LogP contribution is 2.30. The van der Waals surface area contributed by atoms with Crippen LogP contribution in [0.4, 0.5) is 0 Å². The molecular formula is C23H19NO3. The molecule has 0 atom stereocenters. The highest BCUT2D eigenvalue weighted by atomic mass is 16.5. The normalized spacial score (nSPS) is 11.1. The zero-order chi connectivity index (χ0) is 19.1. The van der Waals surface area contributed by atoms with Crippen molar-refractivity contribution < 1.29 is 14.6 Å². The van der Waals surface area contributed by atoms with E-state index in [2.05, 4.69) is 12.1 Å². The molecule has 0 spiro atoms. The molecule has 3 rings (SSSR count). The van der Waals surface area contributed by atoms with Crippen molar-refractivity contribution in [3.63, 3.8) is 0 Å². The van der Waals surface area contributed by atoms with Crippen molar-refractivity contribution in [1.29, 1.82) is 5.26 Å². The summed E-state index contributed by atoms with van der Waals surface area (Å²) in [5.41, 5.74) is 1.55. The minimum absolute atomic E-state index is 0.319. The lowest BCUT2D eigenvalue weighted by Crippen LogP contribution is -2.02. The van der Waals surface area contributed by atoms with Crippen molar-refractivity contribution in [2.75, 3.05) is 6.61 Å². The molecule has 0 bridgehead atoms. The summed E-state index contributed by atoms with van der Waals surface area (Å²) in [5, 5.41) is 20.1. The van der Waals surface area contributed by atoms with Gasteiger partial charge >= 0.3 is 5.97 Å². The minimum Gasteiger partial charge on any atom is -0.493 e. The Bertz CT molecular complexity index is 1020. The van der Waals surface area contributed by atoms with Crippen LogP contribution < -0.4 is 4.74 Å². The SMILES string of the molecule is N#CC(=Cc1c(OCCCc2ccccc2)ccc2ccccc12)C(=O)O. The number of nitrogens with zero attached hydrogens (tertiary/aromatic N) is 1. The Hall–Kier alpha value is -3.58. The lowest BCUT2D eigenvalue weighted by atomic mass is 10.0. The summed E-state index contributed by atoms with van der Waals surface area (Å²) in [7, 11) is 0. The van der Waals surface area contributed by atoms with Crippen LogP contribution in [0.1, 0.15) is 17.5 Å². The van der Waals surface area contributed by atoms with Crippen LogP contribution in [0, 0.1) is 11.3 Å². The molecule has 3 aromatic rings. The van der Waals surface area contributed by atoms with E-state index in [0.29, 0.717) is 17.9 Å². The molecule has 3 aromatic carbocycles. The number of aliphatic carboxylic acids is 1. The number of aryl methyl sites for hydroxylation is 1. The van der Waals surface area contributed by atoms with Crippen LogP contribution in [0.25, 0.3) is 16.8 Å². The topological polar surface area (TPSA) is 70.3 Å². The number of hydrogen-bond donors (Lipinski definition) is 1. The number of rotatable bonds is 7. The largest absolute Gasteiger partial charge is 0.493 e. The van der Waals surface area contributed by atoms with Crippen molar-refractivity contribution >= 4 is 22.8 Å². The van der Waals surface area contributed by atoms with Gasteiger partial charge in [0.1, 0.15) is 17.4 Å². The summed E-state index contributed by atoms with van der Waals surface area (Å²) in [6, 6.07) is 23.3. The second-order valence-electron chi connectivity index (χ2n) is 6.11.